The number of nitrogens with one attached hydrogen (secondary N) is 1. The Bertz CT molecular complexity index is 837. The molecule has 1 N–H and O–H groups in total. The minimum Gasteiger partial charge on any atom is -0.408 e. The number of H-pyrrole nitrogens is 1. The van der Waals surface area contributed by atoms with Crippen molar-refractivity contribution in [2.75, 3.05) is 0 Å². The van der Waals surface area contributed by atoms with E-state index in [-0.39, 0.29) is 4.83 Å². The standard InChI is InChI=1S/C17H14BrNO2/c18-16(13-9-12(13)10-4-2-1-3-5-10)11-6-7-14-15(8-11)21-17(20)19-14/h1-8,12-13,16H,9H2,(H,19,20). The number of alkyl halides is 1. The maximum atomic E-state index is 11.2. The van der Waals surface area contributed by atoms with Crippen LogP contribution in [-0.4, -0.2) is 4.98 Å². The molecule has 0 amide bonds. The zero-order valence-corrected chi connectivity index (χ0v) is 12.8. The van der Waals surface area contributed by atoms with Gasteiger partial charge in [0.25, 0.3) is 0 Å². The van der Waals surface area contributed by atoms with Crippen LogP contribution in [0.2, 0.25) is 0 Å². The minimum absolute atomic E-state index is 0.285. The van der Waals surface area contributed by atoms with Crippen molar-refractivity contribution in [3.63, 3.8) is 0 Å². The highest BCUT2D eigenvalue weighted by molar-refractivity contribution is 9.09. The molecule has 1 aliphatic rings. The lowest BCUT2D eigenvalue weighted by molar-refractivity contribution is 0.555. The van der Waals surface area contributed by atoms with Gasteiger partial charge in [-0.2, -0.15) is 0 Å². The normalized spacial score (nSPS) is 22.3. The molecule has 0 saturated heterocycles. The molecule has 3 atom stereocenters. The average molecular weight is 344 g/mol. The quantitative estimate of drug-likeness (QED) is 0.718. The second-order valence-corrected chi connectivity index (χ2v) is 6.58. The van der Waals surface area contributed by atoms with Gasteiger partial charge in [-0.05, 0) is 41.5 Å². The first-order valence-corrected chi connectivity index (χ1v) is 7.96. The van der Waals surface area contributed by atoms with E-state index in [1.807, 2.05) is 24.3 Å². The van der Waals surface area contributed by atoms with Gasteiger partial charge in [0.15, 0.2) is 5.58 Å². The Balaban J connectivity index is 1.59. The van der Waals surface area contributed by atoms with Crippen LogP contribution in [0.5, 0.6) is 0 Å². The van der Waals surface area contributed by atoms with Crippen molar-refractivity contribution >= 4 is 27.0 Å². The minimum atomic E-state index is -0.401. The molecular weight excluding hydrogens is 330 g/mol. The average Bonchev–Trinajstić information content (AvgIpc) is 3.22. The zero-order valence-electron chi connectivity index (χ0n) is 11.3. The van der Waals surface area contributed by atoms with Gasteiger partial charge in [0.05, 0.1) is 5.52 Å². The molecule has 0 bridgehead atoms. The Morgan fingerprint density at radius 3 is 2.81 bits per heavy atom. The van der Waals surface area contributed by atoms with Crippen molar-refractivity contribution in [2.24, 2.45) is 5.92 Å². The topological polar surface area (TPSA) is 46.0 Å². The highest BCUT2D eigenvalue weighted by atomic mass is 79.9. The fourth-order valence-electron chi connectivity index (χ4n) is 3.00. The summed E-state index contributed by atoms with van der Waals surface area (Å²) in [7, 11) is 0. The first kappa shape index (κ1) is 12.9. The molecule has 4 rings (SSSR count). The monoisotopic (exact) mass is 343 g/mol. The summed E-state index contributed by atoms with van der Waals surface area (Å²) in [6, 6.07) is 16.5. The van der Waals surface area contributed by atoms with Crippen molar-refractivity contribution < 1.29 is 4.42 Å². The fraction of sp³-hybridized carbons (Fsp3) is 0.235. The summed E-state index contributed by atoms with van der Waals surface area (Å²) in [4.78, 5) is 14.2. The van der Waals surface area contributed by atoms with Gasteiger partial charge < -0.3 is 4.42 Å². The van der Waals surface area contributed by atoms with Crippen LogP contribution < -0.4 is 5.76 Å². The number of fused-ring (bicyclic) bond motifs is 1. The maximum Gasteiger partial charge on any atom is 0.417 e. The van der Waals surface area contributed by atoms with Gasteiger partial charge >= 0.3 is 5.76 Å². The van der Waals surface area contributed by atoms with Crippen LogP contribution in [0.3, 0.4) is 0 Å². The molecule has 0 aliphatic heterocycles. The molecule has 1 saturated carbocycles. The van der Waals surface area contributed by atoms with Gasteiger partial charge in [0.1, 0.15) is 0 Å². The smallest absolute Gasteiger partial charge is 0.408 e. The van der Waals surface area contributed by atoms with Crippen molar-refractivity contribution in [3.05, 3.63) is 70.2 Å². The van der Waals surface area contributed by atoms with E-state index in [2.05, 4.69) is 45.2 Å². The summed E-state index contributed by atoms with van der Waals surface area (Å²) >= 11 is 3.81. The summed E-state index contributed by atoms with van der Waals surface area (Å²) < 4.78 is 5.14. The summed E-state index contributed by atoms with van der Waals surface area (Å²) in [6.07, 6.45) is 1.19. The van der Waals surface area contributed by atoms with E-state index in [1.165, 1.54) is 12.0 Å². The number of aromatic nitrogens is 1. The number of benzene rings is 2. The first-order valence-electron chi connectivity index (χ1n) is 7.04. The van der Waals surface area contributed by atoms with Crippen LogP contribution >= 0.6 is 15.9 Å². The summed E-state index contributed by atoms with van der Waals surface area (Å²) in [5.41, 5.74) is 3.94. The van der Waals surface area contributed by atoms with E-state index in [1.54, 1.807) is 0 Å². The van der Waals surface area contributed by atoms with Gasteiger partial charge in [-0.15, -0.1) is 0 Å². The number of hydrogen-bond donors (Lipinski definition) is 1. The van der Waals surface area contributed by atoms with E-state index < -0.39 is 5.76 Å². The zero-order chi connectivity index (χ0) is 14.4. The SMILES string of the molecule is O=c1[nH]c2ccc(C(Br)C3CC3c3ccccc3)cc2o1. The summed E-state index contributed by atoms with van der Waals surface area (Å²) in [6.45, 7) is 0. The van der Waals surface area contributed by atoms with Crippen LogP contribution in [0.15, 0.2) is 57.7 Å². The van der Waals surface area contributed by atoms with E-state index >= 15 is 0 Å². The first-order chi connectivity index (χ1) is 10.2. The second-order valence-electron chi connectivity index (χ2n) is 5.59. The van der Waals surface area contributed by atoms with Crippen LogP contribution in [0.4, 0.5) is 0 Å². The third-order valence-electron chi connectivity index (χ3n) is 4.21. The van der Waals surface area contributed by atoms with E-state index in [0.717, 1.165) is 11.1 Å². The largest absolute Gasteiger partial charge is 0.417 e. The molecule has 0 radical (unpaired) electrons. The molecule has 1 fully saturated rings. The molecule has 3 aromatic rings. The highest BCUT2D eigenvalue weighted by Crippen LogP contribution is 2.57. The Hall–Kier alpha value is -1.81. The van der Waals surface area contributed by atoms with Crippen molar-refractivity contribution in [2.45, 2.75) is 17.2 Å². The van der Waals surface area contributed by atoms with Crippen LogP contribution in [-0.2, 0) is 0 Å². The molecule has 106 valence electrons. The summed E-state index contributed by atoms with van der Waals surface area (Å²) in [5, 5.41) is 0. The third kappa shape index (κ3) is 2.33. The number of aromatic amines is 1. The van der Waals surface area contributed by atoms with Crippen LogP contribution in [0.1, 0.15) is 28.3 Å². The van der Waals surface area contributed by atoms with Gasteiger partial charge in [-0.25, -0.2) is 4.79 Å². The van der Waals surface area contributed by atoms with E-state index in [0.29, 0.717) is 17.4 Å². The van der Waals surface area contributed by atoms with Gasteiger partial charge in [0, 0.05) is 4.83 Å². The third-order valence-corrected chi connectivity index (χ3v) is 5.41. The number of halogens is 1. The Morgan fingerprint density at radius 1 is 1.19 bits per heavy atom. The van der Waals surface area contributed by atoms with Gasteiger partial charge in [-0.1, -0.05) is 52.3 Å². The molecule has 3 nitrogen and oxygen atoms in total. The second kappa shape index (κ2) is 4.88. The van der Waals surface area contributed by atoms with Gasteiger partial charge in [-0.3, -0.25) is 4.98 Å². The van der Waals surface area contributed by atoms with Gasteiger partial charge in [0.2, 0.25) is 0 Å². The highest BCUT2D eigenvalue weighted by Gasteiger charge is 2.43. The number of rotatable bonds is 3. The molecule has 21 heavy (non-hydrogen) atoms. The molecule has 1 heterocycles. The molecule has 3 unspecified atom stereocenters. The predicted octanol–water partition coefficient (Wildman–Crippen LogP) is 4.36. The summed E-state index contributed by atoms with van der Waals surface area (Å²) in [5.74, 6) is 0.807. The molecule has 1 aliphatic carbocycles. The lowest BCUT2D eigenvalue weighted by Gasteiger charge is -2.10. The molecule has 4 heteroatoms. The van der Waals surface area contributed by atoms with E-state index in [9.17, 15) is 4.79 Å². The Morgan fingerprint density at radius 2 is 2.00 bits per heavy atom. The lowest BCUT2D eigenvalue weighted by Crippen LogP contribution is -1.94. The van der Waals surface area contributed by atoms with Crippen molar-refractivity contribution in [1.82, 2.24) is 4.98 Å². The molecule has 0 spiro atoms. The molecular formula is C17H14BrNO2. The van der Waals surface area contributed by atoms with Crippen LogP contribution in [0.25, 0.3) is 11.1 Å². The maximum absolute atomic E-state index is 11.2. The predicted molar refractivity (Wildman–Crippen MR) is 85.8 cm³/mol. The van der Waals surface area contributed by atoms with E-state index in [4.69, 9.17) is 4.42 Å². The lowest BCUT2D eigenvalue weighted by atomic mass is 10.0. The number of oxazole rings is 1. The van der Waals surface area contributed by atoms with Crippen LogP contribution in [0, 0.1) is 5.92 Å². The Kier molecular flexibility index (Phi) is 3.00. The molecule has 1 aromatic heterocycles. The number of hydrogen-bond acceptors (Lipinski definition) is 2. The van der Waals surface area contributed by atoms with Crippen molar-refractivity contribution in [3.8, 4) is 0 Å². The van der Waals surface area contributed by atoms with Crippen molar-refractivity contribution in [1.29, 1.82) is 0 Å². The molecule has 2 aromatic carbocycles. The fourth-order valence-corrected chi connectivity index (χ4v) is 3.87. The Labute approximate surface area is 130 Å².